The van der Waals surface area contributed by atoms with Crippen LogP contribution in [0.4, 0.5) is 5.69 Å². The number of nitriles is 1. The third-order valence-corrected chi connectivity index (χ3v) is 2.66. The van der Waals surface area contributed by atoms with Crippen LogP contribution in [0, 0.1) is 21.4 Å². The van der Waals surface area contributed by atoms with Gasteiger partial charge in [-0.1, -0.05) is 13.0 Å². The number of carbonyl (C=O) groups is 1. The molecule has 0 spiro atoms. The van der Waals surface area contributed by atoms with Gasteiger partial charge in [-0.25, -0.2) is 0 Å². The van der Waals surface area contributed by atoms with Crippen LogP contribution in [0.5, 0.6) is 0 Å². The first-order chi connectivity index (χ1) is 8.41. The van der Waals surface area contributed by atoms with Gasteiger partial charge in [-0.15, -0.1) is 0 Å². The second kappa shape index (κ2) is 5.27. The lowest BCUT2D eigenvalue weighted by Crippen LogP contribution is -2.44. The second-order valence-electron chi connectivity index (χ2n) is 4.06. The maximum atomic E-state index is 11.9. The molecule has 1 N–H and O–H groups in total. The largest absolute Gasteiger partial charge is 0.334 e. The summed E-state index contributed by atoms with van der Waals surface area (Å²) >= 11 is 0. The zero-order valence-electron chi connectivity index (χ0n) is 10.1. The Morgan fingerprint density at radius 2 is 2.28 bits per heavy atom. The van der Waals surface area contributed by atoms with E-state index in [2.05, 4.69) is 5.32 Å². The summed E-state index contributed by atoms with van der Waals surface area (Å²) in [6, 6.07) is 7.39. The molecule has 18 heavy (non-hydrogen) atoms. The van der Waals surface area contributed by atoms with Crippen molar-refractivity contribution in [3.8, 4) is 6.07 Å². The molecule has 6 heteroatoms. The van der Waals surface area contributed by atoms with Gasteiger partial charge >= 0.3 is 0 Å². The molecule has 1 unspecified atom stereocenters. The van der Waals surface area contributed by atoms with Crippen LogP contribution in [-0.4, -0.2) is 16.4 Å². The molecule has 1 aromatic rings. The van der Waals surface area contributed by atoms with Crippen molar-refractivity contribution < 1.29 is 9.72 Å². The van der Waals surface area contributed by atoms with Crippen LogP contribution in [0.25, 0.3) is 0 Å². The zero-order chi connectivity index (χ0) is 13.8. The number of nitro benzene ring substituents is 1. The Labute approximate surface area is 104 Å². The van der Waals surface area contributed by atoms with Crippen molar-refractivity contribution in [1.82, 2.24) is 5.32 Å². The van der Waals surface area contributed by atoms with E-state index in [0.717, 1.165) is 0 Å². The van der Waals surface area contributed by atoms with Crippen LogP contribution in [0.15, 0.2) is 24.3 Å². The highest BCUT2D eigenvalue weighted by molar-refractivity contribution is 5.95. The first-order valence-electron chi connectivity index (χ1n) is 5.40. The normalized spacial score (nSPS) is 13.2. The van der Waals surface area contributed by atoms with Crippen molar-refractivity contribution >= 4 is 11.6 Å². The number of rotatable bonds is 4. The van der Waals surface area contributed by atoms with Crippen LogP contribution < -0.4 is 5.32 Å². The average Bonchev–Trinajstić information content (AvgIpc) is 2.38. The molecule has 0 bridgehead atoms. The first kappa shape index (κ1) is 13.6. The topological polar surface area (TPSA) is 96.0 Å². The monoisotopic (exact) mass is 247 g/mol. The Balaban J connectivity index is 2.95. The SMILES string of the molecule is CCC(C)(C#N)NC(=O)c1cccc([N+](=O)[O-])c1. The average molecular weight is 247 g/mol. The summed E-state index contributed by atoms with van der Waals surface area (Å²) in [5.41, 5.74) is -0.959. The fourth-order valence-corrected chi connectivity index (χ4v) is 1.28. The van der Waals surface area contributed by atoms with Crippen molar-refractivity contribution in [2.75, 3.05) is 0 Å². The molecule has 0 saturated carbocycles. The van der Waals surface area contributed by atoms with Gasteiger partial charge in [-0.3, -0.25) is 14.9 Å². The zero-order valence-corrected chi connectivity index (χ0v) is 10.1. The molecular weight excluding hydrogens is 234 g/mol. The summed E-state index contributed by atoms with van der Waals surface area (Å²) in [5, 5.41) is 22.1. The summed E-state index contributed by atoms with van der Waals surface area (Å²) in [6.45, 7) is 3.37. The second-order valence-corrected chi connectivity index (χ2v) is 4.06. The summed E-state index contributed by atoms with van der Waals surface area (Å²) in [5.74, 6) is -0.496. The van der Waals surface area contributed by atoms with Crippen molar-refractivity contribution in [1.29, 1.82) is 5.26 Å². The molecule has 0 aliphatic heterocycles. The number of nitrogens with one attached hydrogen (secondary N) is 1. The van der Waals surface area contributed by atoms with Crippen molar-refractivity contribution in [3.63, 3.8) is 0 Å². The lowest BCUT2D eigenvalue weighted by molar-refractivity contribution is -0.384. The number of nitro groups is 1. The number of nitrogens with zero attached hydrogens (tertiary/aromatic N) is 2. The molecule has 1 atom stereocenters. The van der Waals surface area contributed by atoms with Gasteiger partial charge in [-0.05, 0) is 19.4 Å². The lowest BCUT2D eigenvalue weighted by atomic mass is 10.0. The molecule has 1 rings (SSSR count). The molecule has 0 fully saturated rings. The molecular formula is C12H13N3O3. The van der Waals surface area contributed by atoms with Crippen LogP contribution in [-0.2, 0) is 0 Å². The fourth-order valence-electron chi connectivity index (χ4n) is 1.28. The van der Waals surface area contributed by atoms with Crippen LogP contribution >= 0.6 is 0 Å². The summed E-state index contributed by atoms with van der Waals surface area (Å²) < 4.78 is 0. The predicted octanol–water partition coefficient (Wildman–Crippen LogP) is 2.02. The van der Waals surface area contributed by atoms with Gasteiger partial charge in [0.05, 0.1) is 11.0 Å². The van der Waals surface area contributed by atoms with Gasteiger partial charge in [-0.2, -0.15) is 5.26 Å². The number of amides is 1. The van der Waals surface area contributed by atoms with E-state index in [1.165, 1.54) is 24.3 Å². The van der Waals surface area contributed by atoms with Crippen LogP contribution in [0.3, 0.4) is 0 Å². The molecule has 0 radical (unpaired) electrons. The number of benzene rings is 1. The molecule has 0 heterocycles. The smallest absolute Gasteiger partial charge is 0.270 e. The summed E-state index contributed by atoms with van der Waals surface area (Å²) in [7, 11) is 0. The Morgan fingerprint density at radius 1 is 1.61 bits per heavy atom. The van der Waals surface area contributed by atoms with Crippen molar-refractivity contribution in [2.45, 2.75) is 25.8 Å². The molecule has 0 aliphatic rings. The summed E-state index contributed by atoms with van der Waals surface area (Å²) in [6.07, 6.45) is 0.449. The molecule has 0 aliphatic carbocycles. The van der Waals surface area contributed by atoms with Gasteiger partial charge in [0.15, 0.2) is 0 Å². The minimum Gasteiger partial charge on any atom is -0.334 e. The predicted molar refractivity (Wildman–Crippen MR) is 64.9 cm³/mol. The standard InChI is InChI=1S/C12H13N3O3/c1-3-12(2,8-13)14-11(16)9-5-4-6-10(7-9)15(17)18/h4-7H,3H2,1-2H3,(H,14,16). The van der Waals surface area contributed by atoms with E-state index < -0.39 is 16.4 Å². The molecule has 94 valence electrons. The van der Waals surface area contributed by atoms with Gasteiger partial charge in [0, 0.05) is 17.7 Å². The number of carbonyl (C=O) groups excluding carboxylic acids is 1. The highest BCUT2D eigenvalue weighted by Gasteiger charge is 2.24. The maximum absolute atomic E-state index is 11.9. The van der Waals surface area contributed by atoms with E-state index in [0.29, 0.717) is 6.42 Å². The van der Waals surface area contributed by atoms with Gasteiger partial charge in [0.2, 0.25) is 0 Å². The van der Waals surface area contributed by atoms with E-state index in [-0.39, 0.29) is 11.3 Å². The maximum Gasteiger partial charge on any atom is 0.270 e. The molecule has 1 aromatic carbocycles. The molecule has 1 amide bonds. The van der Waals surface area contributed by atoms with E-state index in [1.54, 1.807) is 13.8 Å². The van der Waals surface area contributed by atoms with E-state index in [9.17, 15) is 14.9 Å². The van der Waals surface area contributed by atoms with Gasteiger partial charge in [0.25, 0.3) is 11.6 Å². The number of non-ortho nitro benzene ring substituents is 1. The molecule has 0 saturated heterocycles. The van der Waals surface area contributed by atoms with E-state index >= 15 is 0 Å². The van der Waals surface area contributed by atoms with Gasteiger partial charge < -0.3 is 5.32 Å². The number of hydrogen-bond donors (Lipinski definition) is 1. The Morgan fingerprint density at radius 3 is 2.78 bits per heavy atom. The minimum atomic E-state index is -0.971. The summed E-state index contributed by atoms with van der Waals surface area (Å²) in [4.78, 5) is 21.9. The highest BCUT2D eigenvalue weighted by atomic mass is 16.6. The Hall–Kier alpha value is -2.42. The third-order valence-electron chi connectivity index (χ3n) is 2.66. The molecule has 6 nitrogen and oxygen atoms in total. The Kier molecular flexibility index (Phi) is 4.00. The van der Waals surface area contributed by atoms with Crippen LogP contribution in [0.2, 0.25) is 0 Å². The van der Waals surface area contributed by atoms with E-state index in [1.807, 2.05) is 6.07 Å². The quantitative estimate of drug-likeness (QED) is 0.650. The van der Waals surface area contributed by atoms with Crippen molar-refractivity contribution in [2.24, 2.45) is 0 Å². The van der Waals surface area contributed by atoms with Gasteiger partial charge in [0.1, 0.15) is 5.54 Å². The Bertz CT molecular complexity index is 522. The lowest BCUT2D eigenvalue weighted by Gasteiger charge is -2.21. The van der Waals surface area contributed by atoms with Crippen LogP contribution in [0.1, 0.15) is 30.6 Å². The minimum absolute atomic E-state index is 0.155. The van der Waals surface area contributed by atoms with E-state index in [4.69, 9.17) is 5.26 Å². The van der Waals surface area contributed by atoms with Crippen molar-refractivity contribution in [3.05, 3.63) is 39.9 Å². The molecule has 0 aromatic heterocycles. The highest BCUT2D eigenvalue weighted by Crippen LogP contribution is 2.15. The third kappa shape index (κ3) is 3.04. The fraction of sp³-hybridized carbons (Fsp3) is 0.333. The number of hydrogen-bond acceptors (Lipinski definition) is 4. The first-order valence-corrected chi connectivity index (χ1v) is 5.40.